The lowest BCUT2D eigenvalue weighted by Gasteiger charge is -2.21. The molecule has 0 radical (unpaired) electrons. The van der Waals surface area contributed by atoms with Gasteiger partial charge in [-0.25, -0.2) is 0 Å². The van der Waals surface area contributed by atoms with Crippen molar-refractivity contribution in [3.05, 3.63) is 70.7 Å². The van der Waals surface area contributed by atoms with E-state index in [-0.39, 0.29) is 12.6 Å². The normalized spacial score (nSPS) is 13.4. The fourth-order valence-electron chi connectivity index (χ4n) is 2.23. The second-order valence-electron chi connectivity index (χ2n) is 4.91. The van der Waals surface area contributed by atoms with E-state index in [4.69, 9.17) is 11.6 Å². The van der Waals surface area contributed by atoms with Crippen LogP contribution in [0.1, 0.15) is 29.7 Å². The summed E-state index contributed by atoms with van der Waals surface area (Å²) in [6.07, 6.45) is -0.982. The summed E-state index contributed by atoms with van der Waals surface area (Å²) < 4.78 is 0. The molecule has 2 aromatic carbocycles. The highest BCUT2D eigenvalue weighted by Gasteiger charge is 2.23. The highest BCUT2D eigenvalue weighted by atomic mass is 35.5. The van der Waals surface area contributed by atoms with Crippen LogP contribution in [0.25, 0.3) is 0 Å². The molecule has 0 aromatic heterocycles. The fourth-order valence-corrected chi connectivity index (χ4v) is 2.46. The number of carbonyl (C=O) groups is 1. The van der Waals surface area contributed by atoms with Crippen molar-refractivity contribution in [2.45, 2.75) is 18.6 Å². The van der Waals surface area contributed by atoms with Crippen LogP contribution in [0.3, 0.4) is 0 Å². The van der Waals surface area contributed by atoms with Gasteiger partial charge in [0.2, 0.25) is 0 Å². The largest absolute Gasteiger partial charge is 0.396 e. The molecule has 2 rings (SSSR count). The van der Waals surface area contributed by atoms with Gasteiger partial charge >= 0.3 is 0 Å². The van der Waals surface area contributed by atoms with E-state index in [9.17, 15) is 15.0 Å². The molecule has 0 saturated heterocycles. The molecule has 3 N–H and O–H groups in total. The monoisotopic (exact) mass is 319 g/mol. The Balaban J connectivity index is 2.13. The Hall–Kier alpha value is -1.88. The van der Waals surface area contributed by atoms with Crippen molar-refractivity contribution in [2.75, 3.05) is 6.61 Å². The molecule has 1 unspecified atom stereocenters. The lowest BCUT2D eigenvalue weighted by Crippen LogP contribution is -2.33. The molecule has 5 heteroatoms. The summed E-state index contributed by atoms with van der Waals surface area (Å²) in [5, 5.41) is 22.4. The number of aliphatic hydroxyl groups excluding tert-OH is 2. The van der Waals surface area contributed by atoms with E-state index < -0.39 is 12.0 Å². The first-order valence-electron chi connectivity index (χ1n) is 7.02. The number of aliphatic hydroxyl groups is 2. The topological polar surface area (TPSA) is 69.6 Å². The first-order chi connectivity index (χ1) is 10.6. The van der Waals surface area contributed by atoms with Crippen LogP contribution < -0.4 is 5.32 Å². The van der Waals surface area contributed by atoms with Crippen LogP contribution in [-0.4, -0.2) is 22.7 Å². The molecule has 0 bridgehead atoms. The molecular formula is C17H18ClNO3. The number of carbonyl (C=O) groups excluding carboxylic acids is 1. The van der Waals surface area contributed by atoms with Crippen molar-refractivity contribution in [3.63, 3.8) is 0 Å². The smallest absolute Gasteiger partial charge is 0.254 e. The number of rotatable bonds is 6. The summed E-state index contributed by atoms with van der Waals surface area (Å²) in [7, 11) is 0. The lowest BCUT2D eigenvalue weighted by atomic mass is 10.0. The highest BCUT2D eigenvalue weighted by Crippen LogP contribution is 2.24. The predicted molar refractivity (Wildman–Crippen MR) is 85.4 cm³/mol. The van der Waals surface area contributed by atoms with Crippen LogP contribution in [0, 0.1) is 0 Å². The molecule has 116 valence electrons. The quantitative estimate of drug-likeness (QED) is 0.766. The fraction of sp³-hybridized carbons (Fsp3) is 0.235. The highest BCUT2D eigenvalue weighted by molar-refractivity contribution is 6.31. The summed E-state index contributed by atoms with van der Waals surface area (Å²) >= 11 is 6.00. The molecule has 0 aliphatic rings. The third-order valence-corrected chi connectivity index (χ3v) is 3.73. The van der Waals surface area contributed by atoms with Crippen LogP contribution in [0.2, 0.25) is 5.02 Å². The Morgan fingerprint density at radius 2 is 1.73 bits per heavy atom. The van der Waals surface area contributed by atoms with Gasteiger partial charge in [0.1, 0.15) is 0 Å². The lowest BCUT2D eigenvalue weighted by molar-refractivity contribution is -0.130. The Morgan fingerprint density at radius 3 is 2.36 bits per heavy atom. The molecule has 0 fully saturated rings. The maximum atomic E-state index is 12.3. The third-order valence-electron chi connectivity index (χ3n) is 3.38. The van der Waals surface area contributed by atoms with E-state index in [2.05, 4.69) is 5.32 Å². The van der Waals surface area contributed by atoms with Gasteiger partial charge in [-0.15, -0.1) is 0 Å². The van der Waals surface area contributed by atoms with Gasteiger partial charge in [-0.05, 0) is 18.1 Å². The second kappa shape index (κ2) is 7.94. The predicted octanol–water partition coefficient (Wildman–Crippen LogP) is 2.61. The van der Waals surface area contributed by atoms with E-state index in [1.165, 1.54) is 0 Å². The zero-order chi connectivity index (χ0) is 15.9. The molecule has 1 amide bonds. The molecule has 2 aromatic rings. The maximum Gasteiger partial charge on any atom is 0.254 e. The number of hydrogen-bond donors (Lipinski definition) is 3. The summed E-state index contributed by atoms with van der Waals surface area (Å²) in [6, 6.07) is 15.6. The third kappa shape index (κ3) is 4.07. The minimum atomic E-state index is -1.35. The van der Waals surface area contributed by atoms with Crippen LogP contribution in [0.15, 0.2) is 54.6 Å². The van der Waals surface area contributed by atoms with E-state index in [0.717, 1.165) is 5.56 Å². The molecule has 0 spiro atoms. The van der Waals surface area contributed by atoms with E-state index in [0.29, 0.717) is 17.0 Å². The first kappa shape index (κ1) is 16.5. The second-order valence-corrected chi connectivity index (χ2v) is 5.32. The minimum Gasteiger partial charge on any atom is -0.396 e. The van der Waals surface area contributed by atoms with Crippen molar-refractivity contribution in [1.82, 2.24) is 5.32 Å². The SMILES string of the molecule is O=C(NC(CCO)c1ccccc1)[C@H](O)c1ccccc1Cl. The van der Waals surface area contributed by atoms with Gasteiger partial charge < -0.3 is 15.5 Å². The summed E-state index contributed by atoms with van der Waals surface area (Å²) in [6.45, 7) is -0.0674. The van der Waals surface area contributed by atoms with Crippen molar-refractivity contribution < 1.29 is 15.0 Å². The molecule has 0 saturated carbocycles. The Kier molecular flexibility index (Phi) is 5.95. The average molecular weight is 320 g/mol. The minimum absolute atomic E-state index is 0.0674. The van der Waals surface area contributed by atoms with E-state index in [1.54, 1.807) is 24.3 Å². The first-order valence-corrected chi connectivity index (χ1v) is 7.40. The maximum absolute atomic E-state index is 12.3. The number of hydrogen-bond acceptors (Lipinski definition) is 3. The van der Waals surface area contributed by atoms with Crippen LogP contribution in [-0.2, 0) is 4.79 Å². The standard InChI is InChI=1S/C17H18ClNO3/c18-14-9-5-4-8-13(14)16(21)17(22)19-15(10-11-20)12-6-2-1-3-7-12/h1-9,15-16,20-21H,10-11H2,(H,19,22)/t15?,16-/m1/s1. The summed E-state index contributed by atoms with van der Waals surface area (Å²) in [4.78, 5) is 12.3. The van der Waals surface area contributed by atoms with Crippen molar-refractivity contribution in [2.24, 2.45) is 0 Å². The van der Waals surface area contributed by atoms with Crippen LogP contribution in [0.5, 0.6) is 0 Å². The summed E-state index contributed by atoms with van der Waals surface area (Å²) in [5.41, 5.74) is 1.23. The van der Waals surface area contributed by atoms with Crippen LogP contribution >= 0.6 is 11.6 Å². The van der Waals surface area contributed by atoms with Gasteiger partial charge in [-0.3, -0.25) is 4.79 Å². The van der Waals surface area contributed by atoms with Gasteiger partial charge in [-0.1, -0.05) is 60.1 Å². The van der Waals surface area contributed by atoms with Crippen LogP contribution in [0.4, 0.5) is 0 Å². The molecule has 22 heavy (non-hydrogen) atoms. The number of benzene rings is 2. The Morgan fingerprint density at radius 1 is 1.09 bits per heavy atom. The van der Waals surface area contributed by atoms with Gasteiger partial charge in [0.05, 0.1) is 6.04 Å². The Bertz CT molecular complexity index is 618. The Labute approximate surface area is 134 Å². The van der Waals surface area contributed by atoms with Gasteiger partial charge in [0, 0.05) is 17.2 Å². The van der Waals surface area contributed by atoms with E-state index in [1.807, 2.05) is 30.3 Å². The molecule has 2 atom stereocenters. The number of halogens is 1. The zero-order valence-electron chi connectivity index (χ0n) is 11.9. The molecule has 0 heterocycles. The van der Waals surface area contributed by atoms with Gasteiger partial charge in [-0.2, -0.15) is 0 Å². The van der Waals surface area contributed by atoms with E-state index >= 15 is 0 Å². The number of nitrogens with one attached hydrogen (secondary N) is 1. The van der Waals surface area contributed by atoms with Crippen molar-refractivity contribution in [1.29, 1.82) is 0 Å². The van der Waals surface area contributed by atoms with Gasteiger partial charge in [0.25, 0.3) is 5.91 Å². The zero-order valence-corrected chi connectivity index (χ0v) is 12.7. The summed E-state index contributed by atoms with van der Waals surface area (Å²) in [5.74, 6) is -0.546. The molecule has 4 nitrogen and oxygen atoms in total. The van der Waals surface area contributed by atoms with Gasteiger partial charge in [0.15, 0.2) is 6.10 Å². The molecular weight excluding hydrogens is 302 g/mol. The van der Waals surface area contributed by atoms with Crippen molar-refractivity contribution in [3.8, 4) is 0 Å². The average Bonchev–Trinajstić information content (AvgIpc) is 2.55. The molecule has 0 aliphatic carbocycles. The number of amides is 1. The van der Waals surface area contributed by atoms with Crippen molar-refractivity contribution >= 4 is 17.5 Å². The molecule has 0 aliphatic heterocycles.